The largest absolute Gasteiger partial charge is 0.360 e. The molecule has 1 aromatic carbocycles. The lowest BCUT2D eigenvalue weighted by molar-refractivity contribution is -0.157. The van der Waals surface area contributed by atoms with Crippen molar-refractivity contribution in [2.75, 3.05) is 26.7 Å². The first-order valence-corrected chi connectivity index (χ1v) is 8.69. The molecule has 4 heteroatoms. The van der Waals surface area contributed by atoms with E-state index in [0.29, 0.717) is 6.61 Å². The second-order valence-electron chi connectivity index (χ2n) is 6.74. The van der Waals surface area contributed by atoms with Crippen LogP contribution in [0.25, 0.3) is 0 Å². The van der Waals surface area contributed by atoms with Gasteiger partial charge in [0.2, 0.25) is 0 Å². The quantitative estimate of drug-likeness (QED) is 0.877. The number of amides is 1. The monoisotopic (exact) mass is 318 g/mol. The van der Waals surface area contributed by atoms with Crippen LogP contribution in [-0.2, 0) is 15.1 Å². The second-order valence-corrected chi connectivity index (χ2v) is 6.74. The van der Waals surface area contributed by atoms with Gasteiger partial charge in [-0.25, -0.2) is 0 Å². The van der Waals surface area contributed by atoms with Gasteiger partial charge in [-0.2, -0.15) is 0 Å². The molecule has 23 heavy (non-hydrogen) atoms. The van der Waals surface area contributed by atoms with Crippen molar-refractivity contribution in [2.45, 2.75) is 45.3 Å². The van der Waals surface area contributed by atoms with Crippen molar-refractivity contribution < 1.29 is 9.53 Å². The Morgan fingerprint density at radius 1 is 1.30 bits per heavy atom. The fraction of sp³-hybridized carbons (Fsp3) is 0.632. The molecule has 0 spiro atoms. The number of piperidine rings is 1. The molecule has 1 aromatic rings. The van der Waals surface area contributed by atoms with E-state index in [-0.39, 0.29) is 17.9 Å². The van der Waals surface area contributed by atoms with Crippen molar-refractivity contribution in [3.63, 3.8) is 0 Å². The second kappa shape index (κ2) is 7.93. The van der Waals surface area contributed by atoms with Crippen LogP contribution in [0.2, 0.25) is 0 Å². The number of hydrogen-bond donors (Lipinski definition) is 1. The van der Waals surface area contributed by atoms with Gasteiger partial charge in [-0.1, -0.05) is 44.2 Å². The summed E-state index contributed by atoms with van der Waals surface area (Å²) in [6.45, 7) is 8.61. The summed E-state index contributed by atoms with van der Waals surface area (Å²) in [5, 5.41) is 3.25. The third-order valence-electron chi connectivity index (χ3n) is 4.78. The summed E-state index contributed by atoms with van der Waals surface area (Å²) < 4.78 is 6.08. The predicted octanol–water partition coefficient (Wildman–Crippen LogP) is 2.78. The van der Waals surface area contributed by atoms with E-state index in [1.807, 2.05) is 37.3 Å². The van der Waals surface area contributed by atoms with Crippen LogP contribution < -0.4 is 5.32 Å². The lowest BCUT2D eigenvalue weighted by Gasteiger charge is -2.38. The number of benzene rings is 1. The van der Waals surface area contributed by atoms with E-state index in [1.54, 1.807) is 0 Å². The zero-order valence-electron chi connectivity index (χ0n) is 14.8. The van der Waals surface area contributed by atoms with E-state index in [4.69, 9.17) is 4.74 Å². The highest BCUT2D eigenvalue weighted by Crippen LogP contribution is 2.34. The highest BCUT2D eigenvalue weighted by Gasteiger charge is 2.45. The summed E-state index contributed by atoms with van der Waals surface area (Å²) >= 11 is 0. The Hall–Kier alpha value is -1.39. The van der Waals surface area contributed by atoms with Crippen LogP contribution in [0, 0.1) is 5.92 Å². The fourth-order valence-corrected chi connectivity index (χ4v) is 3.40. The Balaban J connectivity index is 2.24. The number of likely N-dealkylation sites (tertiary alicyclic amines) is 1. The molecule has 1 atom stereocenters. The van der Waals surface area contributed by atoms with Crippen molar-refractivity contribution in [1.29, 1.82) is 0 Å². The molecule has 1 unspecified atom stereocenters. The van der Waals surface area contributed by atoms with Crippen LogP contribution in [0.3, 0.4) is 0 Å². The van der Waals surface area contributed by atoms with Crippen molar-refractivity contribution in [3.8, 4) is 0 Å². The molecule has 0 bridgehead atoms. The first-order valence-electron chi connectivity index (χ1n) is 8.69. The Bertz CT molecular complexity index is 495. The lowest BCUT2D eigenvalue weighted by Crippen LogP contribution is -2.54. The van der Waals surface area contributed by atoms with E-state index in [0.717, 1.165) is 31.5 Å². The number of rotatable bonds is 6. The van der Waals surface area contributed by atoms with Crippen LogP contribution in [0.1, 0.15) is 39.2 Å². The van der Waals surface area contributed by atoms with Crippen molar-refractivity contribution in [2.24, 2.45) is 5.92 Å². The van der Waals surface area contributed by atoms with Gasteiger partial charge in [0.05, 0.1) is 0 Å². The number of ether oxygens (including phenoxy) is 1. The maximum Gasteiger partial charge on any atom is 0.257 e. The smallest absolute Gasteiger partial charge is 0.257 e. The minimum atomic E-state index is -0.917. The van der Waals surface area contributed by atoms with Crippen LogP contribution in [0.5, 0.6) is 0 Å². The van der Waals surface area contributed by atoms with Crippen LogP contribution >= 0.6 is 0 Å². The summed E-state index contributed by atoms with van der Waals surface area (Å²) in [6, 6.07) is 10.1. The van der Waals surface area contributed by atoms with Gasteiger partial charge in [0, 0.05) is 12.6 Å². The summed E-state index contributed by atoms with van der Waals surface area (Å²) in [6.07, 6.45) is 1.99. The maximum absolute atomic E-state index is 13.2. The molecule has 1 aliphatic rings. The van der Waals surface area contributed by atoms with E-state index < -0.39 is 5.60 Å². The Morgan fingerprint density at radius 2 is 1.91 bits per heavy atom. The molecule has 0 aromatic heterocycles. The number of nitrogens with one attached hydrogen (secondary N) is 1. The van der Waals surface area contributed by atoms with Gasteiger partial charge in [0.1, 0.15) is 0 Å². The first kappa shape index (κ1) is 18.0. The SMILES string of the molecule is CCOC(C(=O)NC1CCN(C)CC1)(c1ccccc1)C(C)C. The topological polar surface area (TPSA) is 41.6 Å². The summed E-state index contributed by atoms with van der Waals surface area (Å²) in [5.74, 6) is 0.0474. The normalized spacial score (nSPS) is 19.5. The van der Waals surface area contributed by atoms with Gasteiger partial charge in [0.15, 0.2) is 5.60 Å². The van der Waals surface area contributed by atoms with Gasteiger partial charge >= 0.3 is 0 Å². The molecule has 1 amide bonds. The minimum Gasteiger partial charge on any atom is -0.360 e. The number of hydrogen-bond acceptors (Lipinski definition) is 3. The Labute approximate surface area is 140 Å². The van der Waals surface area contributed by atoms with Crippen molar-refractivity contribution in [1.82, 2.24) is 10.2 Å². The predicted molar refractivity (Wildman–Crippen MR) is 93.2 cm³/mol. The highest BCUT2D eigenvalue weighted by molar-refractivity contribution is 5.87. The zero-order valence-corrected chi connectivity index (χ0v) is 14.8. The van der Waals surface area contributed by atoms with Crippen LogP contribution in [0.15, 0.2) is 30.3 Å². The molecule has 2 rings (SSSR count). The molecule has 1 fully saturated rings. The summed E-state index contributed by atoms with van der Waals surface area (Å²) in [4.78, 5) is 15.5. The first-order chi connectivity index (χ1) is 11.0. The summed E-state index contributed by atoms with van der Waals surface area (Å²) in [5.41, 5.74) is 0.0154. The van der Waals surface area contributed by atoms with Gasteiger partial charge < -0.3 is 15.0 Å². The van der Waals surface area contributed by atoms with Crippen LogP contribution in [0.4, 0.5) is 0 Å². The lowest BCUT2D eigenvalue weighted by atomic mass is 9.81. The molecular weight excluding hydrogens is 288 g/mol. The van der Waals surface area contributed by atoms with Crippen molar-refractivity contribution in [3.05, 3.63) is 35.9 Å². The van der Waals surface area contributed by atoms with E-state index >= 15 is 0 Å². The van der Waals surface area contributed by atoms with Gasteiger partial charge in [-0.05, 0) is 51.4 Å². The maximum atomic E-state index is 13.2. The Morgan fingerprint density at radius 3 is 2.43 bits per heavy atom. The van der Waals surface area contributed by atoms with E-state index in [9.17, 15) is 4.79 Å². The molecule has 1 saturated heterocycles. The number of nitrogens with zero attached hydrogens (tertiary/aromatic N) is 1. The molecule has 0 saturated carbocycles. The van der Waals surface area contributed by atoms with Gasteiger partial charge in [0.25, 0.3) is 5.91 Å². The fourth-order valence-electron chi connectivity index (χ4n) is 3.40. The minimum absolute atomic E-state index is 0.00453. The molecule has 1 aliphatic heterocycles. The number of carbonyl (C=O) groups excluding carboxylic acids is 1. The van der Waals surface area contributed by atoms with Crippen molar-refractivity contribution >= 4 is 5.91 Å². The number of carbonyl (C=O) groups is 1. The standard InChI is InChI=1S/C19H30N2O2/c1-5-23-19(15(2)3,16-9-7-6-8-10-16)18(22)20-17-11-13-21(4)14-12-17/h6-10,15,17H,5,11-14H2,1-4H3,(H,20,22). The molecule has 1 heterocycles. The van der Waals surface area contributed by atoms with Crippen LogP contribution in [-0.4, -0.2) is 43.6 Å². The average Bonchev–Trinajstić information content (AvgIpc) is 2.55. The molecule has 0 radical (unpaired) electrons. The van der Waals surface area contributed by atoms with Gasteiger partial charge in [-0.3, -0.25) is 4.79 Å². The average molecular weight is 318 g/mol. The van der Waals surface area contributed by atoms with E-state index in [2.05, 4.69) is 31.1 Å². The summed E-state index contributed by atoms with van der Waals surface area (Å²) in [7, 11) is 2.13. The van der Waals surface area contributed by atoms with E-state index in [1.165, 1.54) is 0 Å². The molecule has 128 valence electrons. The zero-order chi connectivity index (χ0) is 16.9. The Kier molecular flexibility index (Phi) is 6.19. The highest BCUT2D eigenvalue weighted by atomic mass is 16.5. The molecule has 1 N–H and O–H groups in total. The third kappa shape index (κ3) is 3.93. The third-order valence-corrected chi connectivity index (χ3v) is 4.78. The molecular formula is C19H30N2O2. The molecule has 4 nitrogen and oxygen atoms in total. The van der Waals surface area contributed by atoms with Gasteiger partial charge in [-0.15, -0.1) is 0 Å². The molecule has 0 aliphatic carbocycles.